The third-order valence-electron chi connectivity index (χ3n) is 2.91. The average molecular weight is 215 g/mol. The van der Waals surface area contributed by atoms with E-state index < -0.39 is 0 Å². The van der Waals surface area contributed by atoms with Crippen LogP contribution in [0.2, 0.25) is 0 Å². The smallest absolute Gasteiger partial charge is 0.246 e. The normalized spacial score (nSPS) is 15.9. The van der Waals surface area contributed by atoms with Crippen molar-refractivity contribution in [3.63, 3.8) is 0 Å². The van der Waals surface area contributed by atoms with Crippen LogP contribution in [0.1, 0.15) is 24.0 Å². The Morgan fingerprint density at radius 2 is 1.81 bits per heavy atom. The molecule has 0 aliphatic carbocycles. The van der Waals surface area contributed by atoms with Gasteiger partial charge >= 0.3 is 0 Å². The number of aryl methyl sites for hydroxylation is 1. The molecule has 1 aliphatic heterocycles. The van der Waals surface area contributed by atoms with E-state index in [9.17, 15) is 4.79 Å². The molecule has 16 heavy (non-hydrogen) atoms. The zero-order valence-electron chi connectivity index (χ0n) is 9.65. The largest absolute Gasteiger partial charge is 0.339 e. The number of carbonyl (C=O) groups is 1. The standard InChI is InChI=1S/C14H17NO/c1-12-4-6-13(7-5-12)8-9-14(16)15-10-2-3-11-15/h4-9H,2-3,10-11H2,1H3/b9-8+. The summed E-state index contributed by atoms with van der Waals surface area (Å²) in [5.74, 6) is 0.137. The van der Waals surface area contributed by atoms with E-state index in [4.69, 9.17) is 0 Å². The zero-order valence-corrected chi connectivity index (χ0v) is 9.65. The highest BCUT2D eigenvalue weighted by Crippen LogP contribution is 2.09. The lowest BCUT2D eigenvalue weighted by molar-refractivity contribution is -0.124. The van der Waals surface area contributed by atoms with Crippen LogP contribution in [0, 0.1) is 6.92 Å². The Kier molecular flexibility index (Phi) is 3.40. The molecule has 0 N–H and O–H groups in total. The topological polar surface area (TPSA) is 20.3 Å². The molecule has 1 fully saturated rings. The zero-order chi connectivity index (χ0) is 11.4. The van der Waals surface area contributed by atoms with E-state index in [0.29, 0.717) is 0 Å². The second kappa shape index (κ2) is 4.97. The van der Waals surface area contributed by atoms with Crippen LogP contribution in [0.25, 0.3) is 6.08 Å². The molecule has 0 saturated carbocycles. The summed E-state index contributed by atoms with van der Waals surface area (Å²) in [4.78, 5) is 13.6. The highest BCUT2D eigenvalue weighted by molar-refractivity contribution is 5.91. The van der Waals surface area contributed by atoms with Crippen LogP contribution in [0.15, 0.2) is 30.3 Å². The molecule has 0 unspecified atom stereocenters. The average Bonchev–Trinajstić information content (AvgIpc) is 2.81. The summed E-state index contributed by atoms with van der Waals surface area (Å²) in [6.45, 7) is 3.89. The van der Waals surface area contributed by atoms with Gasteiger partial charge in [0.2, 0.25) is 5.91 Å². The molecule has 2 heteroatoms. The van der Waals surface area contributed by atoms with Crippen LogP contribution in [0.4, 0.5) is 0 Å². The summed E-state index contributed by atoms with van der Waals surface area (Å²) in [6, 6.07) is 8.17. The minimum atomic E-state index is 0.137. The lowest BCUT2D eigenvalue weighted by atomic mass is 10.1. The van der Waals surface area contributed by atoms with E-state index in [2.05, 4.69) is 19.1 Å². The van der Waals surface area contributed by atoms with Gasteiger partial charge in [-0.1, -0.05) is 29.8 Å². The van der Waals surface area contributed by atoms with Gasteiger partial charge in [-0.2, -0.15) is 0 Å². The number of nitrogens with zero attached hydrogens (tertiary/aromatic N) is 1. The minimum absolute atomic E-state index is 0.137. The molecule has 1 saturated heterocycles. The van der Waals surface area contributed by atoms with Crippen molar-refractivity contribution in [2.45, 2.75) is 19.8 Å². The van der Waals surface area contributed by atoms with Gasteiger partial charge in [0, 0.05) is 19.2 Å². The Hall–Kier alpha value is -1.57. The van der Waals surface area contributed by atoms with Gasteiger partial charge in [0.05, 0.1) is 0 Å². The molecule has 2 nitrogen and oxygen atoms in total. The Bertz CT molecular complexity index is 386. The van der Waals surface area contributed by atoms with E-state index in [1.54, 1.807) is 6.08 Å². The van der Waals surface area contributed by atoms with Gasteiger partial charge < -0.3 is 4.90 Å². The Balaban J connectivity index is 1.97. The third kappa shape index (κ3) is 2.72. The Morgan fingerprint density at radius 3 is 2.44 bits per heavy atom. The van der Waals surface area contributed by atoms with Crippen molar-refractivity contribution in [3.05, 3.63) is 41.5 Å². The van der Waals surface area contributed by atoms with Crippen LogP contribution in [0.3, 0.4) is 0 Å². The third-order valence-corrected chi connectivity index (χ3v) is 2.91. The fourth-order valence-corrected chi connectivity index (χ4v) is 1.89. The molecule has 1 aromatic rings. The fraction of sp³-hybridized carbons (Fsp3) is 0.357. The second-order valence-electron chi connectivity index (χ2n) is 4.28. The van der Waals surface area contributed by atoms with Crippen LogP contribution >= 0.6 is 0 Å². The lowest BCUT2D eigenvalue weighted by Crippen LogP contribution is -2.25. The van der Waals surface area contributed by atoms with E-state index >= 15 is 0 Å². The second-order valence-corrected chi connectivity index (χ2v) is 4.28. The maximum Gasteiger partial charge on any atom is 0.246 e. The molecule has 1 amide bonds. The van der Waals surface area contributed by atoms with Crippen molar-refractivity contribution in [2.75, 3.05) is 13.1 Å². The molecule has 0 aromatic heterocycles. The van der Waals surface area contributed by atoms with Crippen LogP contribution in [-0.2, 0) is 4.79 Å². The van der Waals surface area contributed by atoms with Crippen LogP contribution < -0.4 is 0 Å². The van der Waals surface area contributed by atoms with Crippen molar-refractivity contribution in [2.24, 2.45) is 0 Å². The van der Waals surface area contributed by atoms with Crippen molar-refractivity contribution in [1.82, 2.24) is 4.90 Å². The van der Waals surface area contributed by atoms with Crippen LogP contribution in [0.5, 0.6) is 0 Å². The van der Waals surface area contributed by atoms with E-state index in [0.717, 1.165) is 31.5 Å². The molecule has 1 aromatic carbocycles. The summed E-state index contributed by atoms with van der Waals surface area (Å²) >= 11 is 0. The van der Waals surface area contributed by atoms with Gasteiger partial charge in [-0.15, -0.1) is 0 Å². The summed E-state index contributed by atoms with van der Waals surface area (Å²) in [6.07, 6.45) is 5.85. The number of hydrogen-bond acceptors (Lipinski definition) is 1. The van der Waals surface area contributed by atoms with Gasteiger partial charge in [-0.3, -0.25) is 4.79 Å². The van der Waals surface area contributed by atoms with E-state index in [-0.39, 0.29) is 5.91 Å². The minimum Gasteiger partial charge on any atom is -0.339 e. The molecule has 0 atom stereocenters. The lowest BCUT2D eigenvalue weighted by Gasteiger charge is -2.11. The van der Waals surface area contributed by atoms with Gasteiger partial charge in [-0.05, 0) is 31.4 Å². The van der Waals surface area contributed by atoms with Crippen molar-refractivity contribution >= 4 is 12.0 Å². The Morgan fingerprint density at radius 1 is 1.19 bits per heavy atom. The SMILES string of the molecule is Cc1ccc(/C=C/C(=O)N2CCCC2)cc1. The first-order chi connectivity index (χ1) is 7.75. The first kappa shape index (κ1) is 10.9. The summed E-state index contributed by atoms with van der Waals surface area (Å²) < 4.78 is 0. The molecule has 1 aliphatic rings. The number of hydrogen-bond donors (Lipinski definition) is 0. The van der Waals surface area contributed by atoms with E-state index in [1.807, 2.05) is 23.1 Å². The highest BCUT2D eigenvalue weighted by atomic mass is 16.2. The quantitative estimate of drug-likeness (QED) is 0.694. The monoisotopic (exact) mass is 215 g/mol. The van der Waals surface area contributed by atoms with Gasteiger partial charge in [-0.25, -0.2) is 0 Å². The van der Waals surface area contributed by atoms with Crippen molar-refractivity contribution in [1.29, 1.82) is 0 Å². The molecule has 84 valence electrons. The maximum atomic E-state index is 11.7. The molecular formula is C14H17NO. The van der Waals surface area contributed by atoms with E-state index in [1.165, 1.54) is 5.56 Å². The molecule has 0 spiro atoms. The predicted molar refractivity (Wildman–Crippen MR) is 66.0 cm³/mol. The predicted octanol–water partition coefficient (Wildman–Crippen LogP) is 2.63. The number of amides is 1. The molecule has 1 heterocycles. The first-order valence-corrected chi connectivity index (χ1v) is 5.79. The van der Waals surface area contributed by atoms with Crippen LogP contribution in [-0.4, -0.2) is 23.9 Å². The molecule has 2 rings (SSSR count). The van der Waals surface area contributed by atoms with Crippen molar-refractivity contribution in [3.8, 4) is 0 Å². The molecular weight excluding hydrogens is 198 g/mol. The number of rotatable bonds is 2. The number of likely N-dealkylation sites (tertiary alicyclic amines) is 1. The Labute approximate surface area is 96.6 Å². The fourth-order valence-electron chi connectivity index (χ4n) is 1.89. The van der Waals surface area contributed by atoms with Crippen molar-refractivity contribution < 1.29 is 4.79 Å². The van der Waals surface area contributed by atoms with Gasteiger partial charge in [0.25, 0.3) is 0 Å². The summed E-state index contributed by atoms with van der Waals surface area (Å²) in [5, 5.41) is 0. The number of benzene rings is 1. The summed E-state index contributed by atoms with van der Waals surface area (Å²) in [7, 11) is 0. The first-order valence-electron chi connectivity index (χ1n) is 5.79. The maximum absolute atomic E-state index is 11.7. The van der Waals surface area contributed by atoms with Gasteiger partial charge in [0.15, 0.2) is 0 Å². The number of carbonyl (C=O) groups excluding carboxylic acids is 1. The van der Waals surface area contributed by atoms with Gasteiger partial charge in [0.1, 0.15) is 0 Å². The highest BCUT2D eigenvalue weighted by Gasteiger charge is 2.14. The molecule has 0 radical (unpaired) electrons. The molecule has 0 bridgehead atoms. The summed E-state index contributed by atoms with van der Waals surface area (Å²) in [5.41, 5.74) is 2.32.